The van der Waals surface area contributed by atoms with Crippen LogP contribution < -0.4 is 10.1 Å². The van der Waals surface area contributed by atoms with Crippen LogP contribution in [-0.2, 0) is 11.3 Å². The Morgan fingerprint density at radius 3 is 2.66 bits per heavy atom. The molecule has 1 aliphatic rings. The zero-order valence-corrected chi connectivity index (χ0v) is 25.7. The number of nitrogens with one attached hydrogen (secondary N) is 1. The molecule has 0 radical (unpaired) electrons. The lowest BCUT2D eigenvalue weighted by Gasteiger charge is -2.23. The molecule has 0 spiro atoms. The van der Waals surface area contributed by atoms with Crippen molar-refractivity contribution >= 4 is 39.3 Å². The van der Waals surface area contributed by atoms with Gasteiger partial charge in [0.2, 0.25) is 5.88 Å². The van der Waals surface area contributed by atoms with Crippen molar-refractivity contribution in [1.82, 2.24) is 10.3 Å². The number of benzene rings is 3. The fourth-order valence-electron chi connectivity index (χ4n) is 5.97. The third-order valence-corrected chi connectivity index (χ3v) is 8.60. The van der Waals surface area contributed by atoms with Crippen LogP contribution in [0.1, 0.15) is 75.7 Å². The molecule has 5 aromatic rings. The van der Waals surface area contributed by atoms with Crippen LogP contribution in [-0.4, -0.2) is 40.9 Å². The molecular formula is C35H35ClN2O6. The first-order chi connectivity index (χ1) is 21.3. The minimum atomic E-state index is -0.667. The number of aryl methyl sites for hydroxylation is 1. The van der Waals surface area contributed by atoms with E-state index in [1.807, 2.05) is 36.4 Å². The fourth-order valence-corrected chi connectivity index (χ4v) is 6.22. The molecule has 1 saturated carbocycles. The number of esters is 1. The van der Waals surface area contributed by atoms with Crippen LogP contribution in [0.5, 0.6) is 11.6 Å². The van der Waals surface area contributed by atoms with Gasteiger partial charge in [0.15, 0.2) is 0 Å². The number of pyridine rings is 1. The van der Waals surface area contributed by atoms with Crippen LogP contribution in [0.4, 0.5) is 0 Å². The summed E-state index contributed by atoms with van der Waals surface area (Å²) in [5, 5.41) is 27.4. The van der Waals surface area contributed by atoms with E-state index in [1.54, 1.807) is 26.1 Å². The number of hydrogen-bond acceptors (Lipinski definition) is 8. The zero-order chi connectivity index (χ0) is 31.0. The van der Waals surface area contributed by atoms with Crippen molar-refractivity contribution in [1.29, 1.82) is 0 Å². The van der Waals surface area contributed by atoms with E-state index in [1.165, 1.54) is 18.4 Å². The van der Waals surface area contributed by atoms with Gasteiger partial charge in [-0.05, 0) is 73.9 Å². The number of hydrogen-bond donors (Lipinski definition) is 3. The van der Waals surface area contributed by atoms with Crippen LogP contribution in [0.3, 0.4) is 0 Å². The number of nitrogens with zero attached hydrogens (tertiary/aromatic N) is 1. The number of phenolic OH excluding ortho intramolecular Hbond substituents is 1. The number of halogens is 1. The number of rotatable bonds is 11. The molecule has 0 amide bonds. The Morgan fingerprint density at radius 2 is 1.93 bits per heavy atom. The van der Waals surface area contributed by atoms with Crippen molar-refractivity contribution in [3.63, 3.8) is 0 Å². The number of ether oxygens (including phenoxy) is 2. The molecule has 0 bridgehead atoms. The van der Waals surface area contributed by atoms with Crippen LogP contribution in [0, 0.1) is 13.8 Å². The lowest BCUT2D eigenvalue weighted by atomic mass is 9.90. The van der Waals surface area contributed by atoms with Crippen LogP contribution >= 0.6 is 11.6 Å². The maximum Gasteiger partial charge on any atom is 0.342 e. The smallest absolute Gasteiger partial charge is 0.342 e. The normalized spacial score (nSPS) is 13.8. The van der Waals surface area contributed by atoms with Crippen LogP contribution in [0.25, 0.3) is 21.7 Å². The number of furan rings is 1. The Morgan fingerprint density at radius 1 is 1.16 bits per heavy atom. The highest BCUT2D eigenvalue weighted by Gasteiger charge is 2.31. The van der Waals surface area contributed by atoms with Gasteiger partial charge in [0.05, 0.1) is 19.3 Å². The fraction of sp³-hybridized carbons (Fsp3) is 0.314. The average Bonchev–Trinajstić information content (AvgIpc) is 3.81. The molecule has 1 aliphatic carbocycles. The molecule has 1 atom stereocenters. The minimum absolute atomic E-state index is 0.00364. The van der Waals surface area contributed by atoms with Crippen molar-refractivity contribution in [3.05, 3.63) is 98.9 Å². The first kappa shape index (κ1) is 29.9. The average molecular weight is 615 g/mol. The summed E-state index contributed by atoms with van der Waals surface area (Å²) in [5.74, 6) is 0.786. The Bertz CT molecular complexity index is 1860. The van der Waals surface area contributed by atoms with Crippen molar-refractivity contribution < 1.29 is 28.9 Å². The molecule has 1 fully saturated rings. The molecule has 1 unspecified atom stereocenters. The molecular weight excluding hydrogens is 580 g/mol. The second-order valence-corrected chi connectivity index (χ2v) is 11.6. The molecule has 8 nitrogen and oxygen atoms in total. The summed E-state index contributed by atoms with van der Waals surface area (Å²) in [6.07, 6.45) is 3.99. The van der Waals surface area contributed by atoms with E-state index in [2.05, 4.69) is 23.3 Å². The highest BCUT2D eigenvalue weighted by atomic mass is 35.5. The quantitative estimate of drug-likeness (QED) is 0.133. The van der Waals surface area contributed by atoms with Crippen molar-refractivity contribution in [2.75, 3.05) is 19.8 Å². The predicted molar refractivity (Wildman–Crippen MR) is 170 cm³/mol. The third-order valence-electron chi connectivity index (χ3n) is 8.20. The number of aliphatic hydroxyl groups is 1. The van der Waals surface area contributed by atoms with Gasteiger partial charge in [-0.25, -0.2) is 9.78 Å². The summed E-state index contributed by atoms with van der Waals surface area (Å²) in [7, 11) is 0. The van der Waals surface area contributed by atoms with Crippen LogP contribution in [0.15, 0.2) is 59.1 Å². The Hall–Kier alpha value is -4.11. The van der Waals surface area contributed by atoms with Crippen molar-refractivity contribution in [3.8, 4) is 11.6 Å². The summed E-state index contributed by atoms with van der Waals surface area (Å²) in [5.41, 5.74) is 5.23. The molecule has 2 heterocycles. The van der Waals surface area contributed by atoms with E-state index >= 15 is 0 Å². The molecule has 44 heavy (non-hydrogen) atoms. The number of carbonyl (C=O) groups excluding carboxylic acids is 1. The first-order valence-electron chi connectivity index (χ1n) is 14.9. The van der Waals surface area contributed by atoms with Crippen molar-refractivity contribution in [2.45, 2.75) is 52.2 Å². The predicted octanol–water partition coefficient (Wildman–Crippen LogP) is 7.26. The Kier molecular flexibility index (Phi) is 8.49. The largest absolute Gasteiger partial charge is 0.507 e. The van der Waals surface area contributed by atoms with E-state index < -0.39 is 12.0 Å². The van der Waals surface area contributed by atoms with Gasteiger partial charge in [0.25, 0.3) is 0 Å². The molecule has 3 aromatic carbocycles. The molecule has 9 heteroatoms. The highest BCUT2D eigenvalue weighted by Crippen LogP contribution is 2.46. The van der Waals surface area contributed by atoms with E-state index in [-0.39, 0.29) is 37.7 Å². The Balaban J connectivity index is 1.45. The lowest BCUT2D eigenvalue weighted by Crippen LogP contribution is -2.26. The van der Waals surface area contributed by atoms with E-state index in [0.29, 0.717) is 50.4 Å². The van der Waals surface area contributed by atoms with Gasteiger partial charge in [0.1, 0.15) is 29.3 Å². The maximum atomic E-state index is 13.2. The topological polar surface area (TPSA) is 114 Å². The number of aliphatic hydroxyl groups excluding tert-OH is 1. The zero-order valence-electron chi connectivity index (χ0n) is 24.9. The maximum absolute atomic E-state index is 13.2. The molecule has 6 rings (SSSR count). The van der Waals surface area contributed by atoms with Gasteiger partial charge < -0.3 is 29.4 Å². The van der Waals surface area contributed by atoms with Gasteiger partial charge in [0, 0.05) is 45.6 Å². The van der Waals surface area contributed by atoms with Crippen LogP contribution in [0.2, 0.25) is 5.02 Å². The van der Waals surface area contributed by atoms with E-state index in [9.17, 15) is 15.0 Å². The lowest BCUT2D eigenvalue weighted by molar-refractivity contribution is 0.0526. The SMILES string of the molecule is CCOC(=O)c1c(C)oc2c1c(C(NCCO)c1ccnc(OCc3cc(Cl)c(C)c(C4CC4)c3)c1)c(O)c1ccccc12. The summed E-state index contributed by atoms with van der Waals surface area (Å²) in [6, 6.07) is 14.4. The first-order valence-corrected chi connectivity index (χ1v) is 15.3. The third kappa shape index (κ3) is 5.61. The summed E-state index contributed by atoms with van der Waals surface area (Å²) < 4.78 is 17.8. The van der Waals surface area contributed by atoms with Crippen molar-refractivity contribution in [2.24, 2.45) is 0 Å². The standard InChI is InChI=1S/C35H35ClN2O6/c1-4-42-35(41)29-20(3)44-34-25-8-6-5-7-24(25)33(40)31(30(29)34)32(38-13-14-39)23-11-12-37-28(17-23)43-18-21-15-26(22-9-10-22)19(2)27(36)16-21/h5-8,11-12,15-17,22,32,38-40H,4,9-10,13-14,18H2,1-3H3. The number of fused-ring (bicyclic) bond motifs is 3. The summed E-state index contributed by atoms with van der Waals surface area (Å²) in [4.78, 5) is 17.7. The molecule has 228 valence electrons. The van der Waals surface area contributed by atoms with Gasteiger partial charge in [-0.3, -0.25) is 0 Å². The molecule has 3 N–H and O–H groups in total. The summed E-state index contributed by atoms with van der Waals surface area (Å²) >= 11 is 6.55. The second-order valence-electron chi connectivity index (χ2n) is 11.2. The summed E-state index contributed by atoms with van der Waals surface area (Å²) in [6.45, 7) is 6.05. The van der Waals surface area contributed by atoms with Gasteiger partial charge in [-0.2, -0.15) is 0 Å². The van der Waals surface area contributed by atoms with E-state index in [4.69, 9.17) is 25.5 Å². The number of aromatic hydroxyl groups is 1. The molecule has 0 saturated heterocycles. The molecule has 0 aliphatic heterocycles. The van der Waals surface area contributed by atoms with E-state index in [0.717, 1.165) is 16.1 Å². The number of carbonyl (C=O) groups is 1. The number of phenols is 1. The molecule has 2 aromatic heterocycles. The Labute approximate surface area is 260 Å². The minimum Gasteiger partial charge on any atom is -0.507 e. The second kappa shape index (κ2) is 12.5. The highest BCUT2D eigenvalue weighted by molar-refractivity contribution is 6.31. The van der Waals surface area contributed by atoms with Gasteiger partial charge in [-0.15, -0.1) is 0 Å². The number of aromatic nitrogens is 1. The van der Waals surface area contributed by atoms with Gasteiger partial charge in [-0.1, -0.05) is 41.9 Å². The monoisotopic (exact) mass is 614 g/mol. The van der Waals surface area contributed by atoms with Gasteiger partial charge >= 0.3 is 5.97 Å².